The van der Waals surface area contributed by atoms with Crippen LogP contribution < -0.4 is 5.32 Å². The molecule has 0 spiro atoms. The number of nitrogens with zero attached hydrogens (tertiary/aromatic N) is 3. The average molecular weight is 292 g/mol. The maximum Gasteiger partial charge on any atom is 0.339 e. The zero-order valence-corrected chi connectivity index (χ0v) is 12.6. The van der Waals surface area contributed by atoms with E-state index >= 15 is 0 Å². The Morgan fingerprint density at radius 2 is 2.14 bits per heavy atom. The Labute approximate surface area is 125 Å². The summed E-state index contributed by atoms with van der Waals surface area (Å²) in [7, 11) is 1.83. The number of carboxylic acids is 1. The van der Waals surface area contributed by atoms with Crippen LogP contribution in [0.4, 0.5) is 0 Å². The van der Waals surface area contributed by atoms with Gasteiger partial charge in [0.1, 0.15) is 5.56 Å². The quantitative estimate of drug-likeness (QED) is 0.821. The van der Waals surface area contributed by atoms with Crippen LogP contribution in [0, 0.1) is 5.92 Å². The molecule has 0 bridgehead atoms. The van der Waals surface area contributed by atoms with Gasteiger partial charge < -0.3 is 10.4 Å². The molecule has 0 unspecified atom stereocenters. The van der Waals surface area contributed by atoms with Crippen molar-refractivity contribution >= 4 is 5.97 Å². The highest BCUT2D eigenvalue weighted by atomic mass is 16.4. The first-order valence-electron chi connectivity index (χ1n) is 7.84. The lowest BCUT2D eigenvalue weighted by molar-refractivity contribution is 0.0693. The minimum atomic E-state index is -0.879. The molecular weight excluding hydrogens is 268 g/mol. The first-order chi connectivity index (χ1) is 10.1. The second-order valence-corrected chi connectivity index (χ2v) is 6.29. The fraction of sp³-hybridized carbons (Fsp3) is 0.733. The van der Waals surface area contributed by atoms with Crippen molar-refractivity contribution in [2.75, 3.05) is 19.6 Å². The summed E-state index contributed by atoms with van der Waals surface area (Å²) in [5.41, 5.74) is 1.16. The van der Waals surface area contributed by atoms with Crippen molar-refractivity contribution < 1.29 is 9.90 Å². The van der Waals surface area contributed by atoms with Crippen molar-refractivity contribution in [3.63, 3.8) is 0 Å². The molecule has 1 saturated heterocycles. The summed E-state index contributed by atoms with van der Waals surface area (Å²) < 4.78 is 1.71. The Morgan fingerprint density at radius 1 is 1.43 bits per heavy atom. The number of hydrogen-bond acceptors (Lipinski definition) is 4. The van der Waals surface area contributed by atoms with E-state index in [9.17, 15) is 9.90 Å². The van der Waals surface area contributed by atoms with Gasteiger partial charge in [0, 0.05) is 26.2 Å². The predicted octanol–water partition coefficient (Wildman–Crippen LogP) is 1.08. The van der Waals surface area contributed by atoms with E-state index < -0.39 is 5.97 Å². The summed E-state index contributed by atoms with van der Waals surface area (Å²) >= 11 is 0. The molecule has 2 N–H and O–H groups in total. The van der Waals surface area contributed by atoms with Crippen molar-refractivity contribution in [1.82, 2.24) is 20.0 Å². The van der Waals surface area contributed by atoms with Gasteiger partial charge in [0.2, 0.25) is 0 Å². The number of rotatable bonds is 6. The maximum atomic E-state index is 11.3. The van der Waals surface area contributed by atoms with Gasteiger partial charge in [-0.05, 0) is 44.7 Å². The van der Waals surface area contributed by atoms with Crippen LogP contribution >= 0.6 is 0 Å². The Bertz CT molecular complexity index is 504. The van der Waals surface area contributed by atoms with Crippen LogP contribution in [0.5, 0.6) is 0 Å². The van der Waals surface area contributed by atoms with Crippen molar-refractivity contribution in [3.05, 3.63) is 17.5 Å². The lowest BCUT2D eigenvalue weighted by Gasteiger charge is -2.30. The Kier molecular flexibility index (Phi) is 4.26. The van der Waals surface area contributed by atoms with E-state index in [-0.39, 0.29) is 0 Å². The molecule has 6 nitrogen and oxygen atoms in total. The van der Waals surface area contributed by atoms with Gasteiger partial charge in [-0.15, -0.1) is 0 Å². The van der Waals surface area contributed by atoms with Crippen LogP contribution in [0.3, 0.4) is 0 Å². The van der Waals surface area contributed by atoms with Gasteiger partial charge in [0.15, 0.2) is 0 Å². The third-order valence-electron chi connectivity index (χ3n) is 4.66. The molecular formula is C15H24N4O2. The second kappa shape index (κ2) is 6.15. The Balaban J connectivity index is 1.70. The van der Waals surface area contributed by atoms with Crippen LogP contribution in [-0.4, -0.2) is 51.4 Å². The predicted molar refractivity (Wildman–Crippen MR) is 79.2 cm³/mol. The molecule has 3 rings (SSSR count). The largest absolute Gasteiger partial charge is 0.478 e. The standard InChI is InChI=1S/C15H24N4O2/c1-18-14(13(8-17-18)15(20)21)10-19(12-2-3-12)9-11-4-6-16-7-5-11/h8,11-12,16H,2-7,9-10H2,1H3,(H,20,21). The highest BCUT2D eigenvalue weighted by Crippen LogP contribution is 2.30. The molecule has 0 aromatic carbocycles. The molecule has 0 radical (unpaired) electrons. The molecule has 1 aromatic heterocycles. The number of carbonyl (C=O) groups is 1. The molecule has 21 heavy (non-hydrogen) atoms. The first kappa shape index (κ1) is 14.5. The van der Waals surface area contributed by atoms with Gasteiger partial charge >= 0.3 is 5.97 Å². The first-order valence-corrected chi connectivity index (χ1v) is 7.84. The van der Waals surface area contributed by atoms with Gasteiger partial charge in [-0.2, -0.15) is 5.10 Å². The van der Waals surface area contributed by atoms with Crippen molar-refractivity contribution in [2.24, 2.45) is 13.0 Å². The van der Waals surface area contributed by atoms with Crippen molar-refractivity contribution in [3.8, 4) is 0 Å². The van der Waals surface area contributed by atoms with E-state index in [0.29, 0.717) is 18.2 Å². The maximum absolute atomic E-state index is 11.3. The van der Waals surface area contributed by atoms with E-state index in [1.807, 2.05) is 7.05 Å². The monoisotopic (exact) mass is 292 g/mol. The normalized spacial score (nSPS) is 20.1. The van der Waals surface area contributed by atoms with E-state index in [1.54, 1.807) is 4.68 Å². The number of aromatic nitrogens is 2. The molecule has 0 atom stereocenters. The topological polar surface area (TPSA) is 70.4 Å². The highest BCUT2D eigenvalue weighted by Gasteiger charge is 2.32. The smallest absolute Gasteiger partial charge is 0.339 e. The minimum absolute atomic E-state index is 0.341. The second-order valence-electron chi connectivity index (χ2n) is 6.29. The molecule has 1 aliphatic heterocycles. The molecule has 2 fully saturated rings. The third-order valence-corrected chi connectivity index (χ3v) is 4.66. The number of carboxylic acid groups (broad SMARTS) is 1. The summed E-state index contributed by atoms with van der Waals surface area (Å²) in [5.74, 6) is -0.149. The Morgan fingerprint density at radius 3 is 2.76 bits per heavy atom. The van der Waals surface area contributed by atoms with Crippen LogP contribution in [0.1, 0.15) is 41.7 Å². The molecule has 0 amide bonds. The summed E-state index contributed by atoms with van der Waals surface area (Å²) in [6.45, 7) is 3.99. The van der Waals surface area contributed by atoms with Crippen LogP contribution in [0.15, 0.2) is 6.20 Å². The summed E-state index contributed by atoms with van der Waals surface area (Å²) in [5, 5.41) is 16.8. The summed E-state index contributed by atoms with van der Waals surface area (Å²) in [4.78, 5) is 13.8. The molecule has 116 valence electrons. The van der Waals surface area contributed by atoms with E-state index in [1.165, 1.54) is 31.9 Å². The van der Waals surface area contributed by atoms with Crippen molar-refractivity contribution in [2.45, 2.75) is 38.3 Å². The van der Waals surface area contributed by atoms with Crippen LogP contribution in [0.25, 0.3) is 0 Å². The van der Waals surface area contributed by atoms with Gasteiger partial charge in [-0.1, -0.05) is 0 Å². The number of piperidine rings is 1. The van der Waals surface area contributed by atoms with Crippen LogP contribution in [-0.2, 0) is 13.6 Å². The molecule has 1 aromatic rings. The number of hydrogen-bond donors (Lipinski definition) is 2. The fourth-order valence-electron chi connectivity index (χ4n) is 3.20. The molecule has 2 heterocycles. The fourth-order valence-corrected chi connectivity index (χ4v) is 3.20. The van der Waals surface area contributed by atoms with E-state index in [4.69, 9.17) is 0 Å². The number of nitrogens with one attached hydrogen (secondary N) is 1. The lowest BCUT2D eigenvalue weighted by Crippen LogP contribution is -2.37. The zero-order valence-electron chi connectivity index (χ0n) is 12.6. The summed E-state index contributed by atoms with van der Waals surface area (Å²) in [6, 6.07) is 0.636. The van der Waals surface area contributed by atoms with Gasteiger partial charge in [-0.25, -0.2) is 4.79 Å². The van der Waals surface area contributed by atoms with Crippen LogP contribution in [0.2, 0.25) is 0 Å². The average Bonchev–Trinajstić information content (AvgIpc) is 3.25. The number of aromatic carboxylic acids is 1. The van der Waals surface area contributed by atoms with E-state index in [2.05, 4.69) is 15.3 Å². The van der Waals surface area contributed by atoms with Crippen molar-refractivity contribution in [1.29, 1.82) is 0 Å². The van der Waals surface area contributed by atoms with Gasteiger partial charge in [-0.3, -0.25) is 9.58 Å². The molecule has 2 aliphatic rings. The number of aryl methyl sites for hydroxylation is 1. The lowest BCUT2D eigenvalue weighted by atomic mass is 9.97. The Hall–Kier alpha value is -1.40. The van der Waals surface area contributed by atoms with Gasteiger partial charge in [0.25, 0.3) is 0 Å². The summed E-state index contributed by atoms with van der Waals surface area (Å²) in [6.07, 6.45) is 6.39. The third kappa shape index (κ3) is 3.44. The molecule has 1 aliphatic carbocycles. The molecule has 1 saturated carbocycles. The zero-order chi connectivity index (χ0) is 14.8. The minimum Gasteiger partial charge on any atom is -0.478 e. The molecule has 6 heteroatoms. The van der Waals surface area contributed by atoms with Gasteiger partial charge in [0.05, 0.1) is 11.9 Å². The van der Waals surface area contributed by atoms with E-state index in [0.717, 1.165) is 31.2 Å². The highest BCUT2D eigenvalue weighted by molar-refractivity contribution is 5.88. The SMILES string of the molecule is Cn1ncc(C(=O)O)c1CN(CC1CCNCC1)C1CC1.